The van der Waals surface area contributed by atoms with E-state index in [0.29, 0.717) is 12.6 Å². The fourth-order valence-corrected chi connectivity index (χ4v) is 4.76. The Balaban J connectivity index is 1.47. The number of anilines is 2. The maximum Gasteiger partial charge on any atom is 0.227 e. The molecule has 0 bridgehead atoms. The average molecular weight is 390 g/mol. The Kier molecular flexibility index (Phi) is 7.44. The number of amides is 2. The predicted molar refractivity (Wildman–Crippen MR) is 114 cm³/mol. The van der Waals surface area contributed by atoms with Crippen LogP contribution in [-0.2, 0) is 9.59 Å². The summed E-state index contributed by atoms with van der Waals surface area (Å²) in [7, 11) is 0. The molecule has 6 heteroatoms. The van der Waals surface area contributed by atoms with E-state index in [2.05, 4.69) is 23.2 Å². The first-order chi connectivity index (χ1) is 13.2. The normalized spacial score (nSPS) is 18.2. The van der Waals surface area contributed by atoms with Crippen molar-refractivity contribution in [2.75, 3.05) is 40.9 Å². The molecule has 1 aromatic rings. The zero-order valence-corrected chi connectivity index (χ0v) is 17.1. The van der Waals surface area contributed by atoms with E-state index in [4.69, 9.17) is 0 Å². The van der Waals surface area contributed by atoms with Crippen LogP contribution in [0.25, 0.3) is 0 Å². The van der Waals surface area contributed by atoms with Crippen molar-refractivity contribution in [1.29, 1.82) is 0 Å². The van der Waals surface area contributed by atoms with Crippen LogP contribution in [0, 0.1) is 0 Å². The van der Waals surface area contributed by atoms with Gasteiger partial charge in [-0.15, -0.1) is 0 Å². The van der Waals surface area contributed by atoms with E-state index in [9.17, 15) is 9.59 Å². The third-order valence-electron chi connectivity index (χ3n) is 5.26. The van der Waals surface area contributed by atoms with Crippen molar-refractivity contribution in [3.05, 3.63) is 24.3 Å². The lowest BCUT2D eigenvalue weighted by atomic mass is 10.1. The first-order valence-corrected chi connectivity index (χ1v) is 11.4. The molecular formula is C21H31N3O2S. The summed E-state index contributed by atoms with van der Waals surface area (Å²) in [6, 6.07) is 8.57. The van der Waals surface area contributed by atoms with Crippen LogP contribution in [0.15, 0.2) is 24.3 Å². The number of hydrogen-bond donors (Lipinski definition) is 1. The standard InChI is InChI=1S/C21H31N3O2S/c1-2-14-27-15-6-12-22-20(25)10-11-21(26)24-16-17-7-5-13-23(17)18-8-3-4-9-19(18)24/h3-4,8-9,17H,2,5-7,10-16H2,1H3,(H,22,25)/t17-/m1/s1. The van der Waals surface area contributed by atoms with Crippen LogP contribution < -0.4 is 15.1 Å². The van der Waals surface area contributed by atoms with Gasteiger partial charge in [-0.2, -0.15) is 11.8 Å². The van der Waals surface area contributed by atoms with Gasteiger partial charge in [-0.25, -0.2) is 0 Å². The van der Waals surface area contributed by atoms with E-state index >= 15 is 0 Å². The molecule has 1 saturated heterocycles. The summed E-state index contributed by atoms with van der Waals surface area (Å²) in [4.78, 5) is 29.2. The number of thioether (sulfide) groups is 1. The largest absolute Gasteiger partial charge is 0.365 e. The number of rotatable bonds is 9. The topological polar surface area (TPSA) is 52.7 Å². The molecule has 0 saturated carbocycles. The quantitative estimate of drug-likeness (QED) is 0.658. The van der Waals surface area contributed by atoms with Gasteiger partial charge in [-0.3, -0.25) is 9.59 Å². The van der Waals surface area contributed by atoms with Gasteiger partial charge in [0.05, 0.1) is 11.4 Å². The molecule has 148 valence electrons. The van der Waals surface area contributed by atoms with E-state index in [0.717, 1.165) is 43.1 Å². The Hall–Kier alpha value is -1.69. The third-order valence-corrected chi connectivity index (χ3v) is 6.53. The van der Waals surface area contributed by atoms with Gasteiger partial charge in [0.2, 0.25) is 11.8 Å². The molecular weight excluding hydrogens is 358 g/mol. The molecule has 1 fully saturated rings. The van der Waals surface area contributed by atoms with Crippen LogP contribution >= 0.6 is 11.8 Å². The molecule has 0 aliphatic carbocycles. The maximum atomic E-state index is 12.8. The minimum absolute atomic E-state index is 0.0170. The van der Waals surface area contributed by atoms with Gasteiger partial charge in [0.15, 0.2) is 0 Å². The van der Waals surface area contributed by atoms with Gasteiger partial charge in [-0.1, -0.05) is 19.1 Å². The number of fused-ring (bicyclic) bond motifs is 3. The molecule has 1 aromatic carbocycles. The van der Waals surface area contributed by atoms with Gasteiger partial charge in [0.1, 0.15) is 0 Å². The molecule has 2 aliphatic rings. The molecule has 27 heavy (non-hydrogen) atoms. The van der Waals surface area contributed by atoms with Crippen LogP contribution in [0.3, 0.4) is 0 Å². The lowest BCUT2D eigenvalue weighted by Gasteiger charge is -2.40. The van der Waals surface area contributed by atoms with Gasteiger partial charge >= 0.3 is 0 Å². The van der Waals surface area contributed by atoms with Crippen molar-refractivity contribution in [2.24, 2.45) is 0 Å². The van der Waals surface area contributed by atoms with Crippen LogP contribution in [0.5, 0.6) is 0 Å². The van der Waals surface area contributed by atoms with Crippen LogP contribution in [-0.4, -0.2) is 49.0 Å². The van der Waals surface area contributed by atoms with Crippen molar-refractivity contribution < 1.29 is 9.59 Å². The summed E-state index contributed by atoms with van der Waals surface area (Å²) in [6.07, 6.45) is 5.04. The zero-order chi connectivity index (χ0) is 19.1. The smallest absolute Gasteiger partial charge is 0.227 e. The molecule has 3 rings (SSSR count). The number of hydrogen-bond acceptors (Lipinski definition) is 4. The van der Waals surface area contributed by atoms with E-state index in [1.807, 2.05) is 34.9 Å². The van der Waals surface area contributed by atoms with Crippen molar-refractivity contribution in [3.8, 4) is 0 Å². The first-order valence-electron chi connectivity index (χ1n) is 10.2. The Morgan fingerprint density at radius 3 is 2.81 bits per heavy atom. The summed E-state index contributed by atoms with van der Waals surface area (Å²) in [5, 5.41) is 2.94. The third kappa shape index (κ3) is 5.18. The lowest BCUT2D eigenvalue weighted by molar-refractivity contribution is -0.125. The van der Waals surface area contributed by atoms with Crippen LogP contribution in [0.4, 0.5) is 11.4 Å². The number of para-hydroxylation sites is 2. The molecule has 2 amide bonds. The summed E-state index contributed by atoms with van der Waals surface area (Å²) in [5.74, 6) is 2.30. The molecule has 1 atom stereocenters. The highest BCUT2D eigenvalue weighted by molar-refractivity contribution is 7.99. The highest BCUT2D eigenvalue weighted by atomic mass is 32.2. The minimum Gasteiger partial charge on any atom is -0.365 e. The minimum atomic E-state index is -0.0170. The van der Waals surface area contributed by atoms with E-state index in [-0.39, 0.29) is 24.7 Å². The van der Waals surface area contributed by atoms with Crippen molar-refractivity contribution in [3.63, 3.8) is 0 Å². The summed E-state index contributed by atoms with van der Waals surface area (Å²) in [6.45, 7) is 4.69. The molecule has 0 unspecified atom stereocenters. The number of carbonyl (C=O) groups excluding carboxylic acids is 2. The summed E-state index contributed by atoms with van der Waals surface area (Å²) >= 11 is 1.93. The fourth-order valence-electron chi connectivity index (χ4n) is 3.92. The highest BCUT2D eigenvalue weighted by Gasteiger charge is 2.35. The van der Waals surface area contributed by atoms with E-state index < -0.39 is 0 Å². The molecule has 0 spiro atoms. The monoisotopic (exact) mass is 389 g/mol. The number of benzene rings is 1. The van der Waals surface area contributed by atoms with E-state index in [1.54, 1.807) is 0 Å². The van der Waals surface area contributed by atoms with Crippen molar-refractivity contribution >= 4 is 35.0 Å². The molecule has 2 aliphatic heterocycles. The second-order valence-corrected chi connectivity index (χ2v) is 8.52. The number of nitrogens with zero attached hydrogens (tertiary/aromatic N) is 2. The van der Waals surface area contributed by atoms with Gasteiger partial charge in [-0.05, 0) is 49.3 Å². The Labute approximate surface area is 166 Å². The van der Waals surface area contributed by atoms with Crippen molar-refractivity contribution in [2.45, 2.75) is 51.5 Å². The second-order valence-electron chi connectivity index (χ2n) is 7.30. The van der Waals surface area contributed by atoms with Gasteiger partial charge in [0.25, 0.3) is 0 Å². The summed E-state index contributed by atoms with van der Waals surface area (Å²) in [5.41, 5.74) is 2.16. The van der Waals surface area contributed by atoms with E-state index in [1.165, 1.54) is 18.6 Å². The molecule has 5 nitrogen and oxygen atoms in total. The predicted octanol–water partition coefficient (Wildman–Crippen LogP) is 3.43. The molecule has 2 heterocycles. The molecule has 1 N–H and O–H groups in total. The highest BCUT2D eigenvalue weighted by Crippen LogP contribution is 2.39. The Morgan fingerprint density at radius 1 is 1.19 bits per heavy atom. The average Bonchev–Trinajstić information content (AvgIpc) is 3.17. The Morgan fingerprint density at radius 2 is 2.00 bits per heavy atom. The van der Waals surface area contributed by atoms with Gasteiger partial charge in [0, 0.05) is 38.5 Å². The fraction of sp³-hybridized carbons (Fsp3) is 0.619. The van der Waals surface area contributed by atoms with Gasteiger partial charge < -0.3 is 15.1 Å². The molecule has 0 aromatic heterocycles. The van der Waals surface area contributed by atoms with Crippen LogP contribution in [0.2, 0.25) is 0 Å². The first kappa shape index (κ1) is 20.1. The lowest BCUT2D eigenvalue weighted by Crippen LogP contribution is -2.48. The van der Waals surface area contributed by atoms with Crippen LogP contribution in [0.1, 0.15) is 45.4 Å². The van der Waals surface area contributed by atoms with Crippen molar-refractivity contribution in [1.82, 2.24) is 5.32 Å². The number of nitrogens with one attached hydrogen (secondary N) is 1. The number of carbonyl (C=O) groups is 2. The zero-order valence-electron chi connectivity index (χ0n) is 16.3. The second kappa shape index (κ2) is 10.0. The Bertz CT molecular complexity index is 652. The maximum absolute atomic E-state index is 12.8. The molecule has 0 radical (unpaired) electrons. The SMILES string of the molecule is CCCSCCCNC(=O)CCC(=O)N1C[C@H]2CCCN2c2ccccc21. The summed E-state index contributed by atoms with van der Waals surface area (Å²) < 4.78 is 0.